The van der Waals surface area contributed by atoms with E-state index in [1.165, 1.54) is 59.8 Å². The molecule has 3 aliphatic heterocycles. The van der Waals surface area contributed by atoms with Gasteiger partial charge in [0.05, 0.1) is 21.8 Å². The van der Waals surface area contributed by atoms with Gasteiger partial charge >= 0.3 is 5.97 Å². The molecule has 0 spiro atoms. The summed E-state index contributed by atoms with van der Waals surface area (Å²) in [6.45, 7) is 27.4. The SMILES string of the molecule is C=CCC1(C)C(/C=C/c2cccs2)=[N+](C)c2ccc(C(=O)O)cc21.C=CCC1(C)C(/C=C/c2cccs2)=[N+](C)c2ccc(C)cc21.C=CCC1(C)C(/C=C/c2cccs2)=[N+](C)c2ccc(N(CC)CC)cc21. The van der Waals surface area contributed by atoms with Gasteiger partial charge in [-0.1, -0.05) is 48.1 Å². The van der Waals surface area contributed by atoms with E-state index in [-0.39, 0.29) is 16.2 Å². The Kier molecular flexibility index (Phi) is 17.0. The molecule has 0 saturated carbocycles. The lowest BCUT2D eigenvalue weighted by atomic mass is 9.76. The maximum atomic E-state index is 11.4. The van der Waals surface area contributed by atoms with Crippen molar-refractivity contribution in [1.82, 2.24) is 0 Å². The Morgan fingerprint density at radius 3 is 1.29 bits per heavy atom. The van der Waals surface area contributed by atoms with E-state index in [0.717, 1.165) is 49.3 Å². The van der Waals surface area contributed by atoms with Gasteiger partial charge < -0.3 is 10.0 Å². The molecule has 0 amide bonds. The van der Waals surface area contributed by atoms with Crippen LogP contribution in [0.4, 0.5) is 22.7 Å². The summed E-state index contributed by atoms with van der Waals surface area (Å²) in [5.41, 5.74) is 13.9. The van der Waals surface area contributed by atoms with Crippen molar-refractivity contribution >= 4 is 98.1 Å². The monoisotopic (exact) mass is 1010 g/mol. The average molecular weight is 1010 g/mol. The molecule has 0 bridgehead atoms. The fourth-order valence-electron chi connectivity index (χ4n) is 10.8. The number of benzene rings is 3. The molecule has 0 saturated heterocycles. The third kappa shape index (κ3) is 10.7. The molecule has 9 rings (SSSR count). The molecule has 0 fully saturated rings. The van der Waals surface area contributed by atoms with Crippen LogP contribution in [0.25, 0.3) is 18.2 Å². The number of thiophene rings is 3. The van der Waals surface area contributed by atoms with Crippen molar-refractivity contribution in [2.24, 2.45) is 0 Å². The number of carboxylic acid groups (broad SMARTS) is 1. The van der Waals surface area contributed by atoms with Gasteiger partial charge in [0.1, 0.15) is 21.1 Å². The molecule has 0 radical (unpaired) electrons. The maximum absolute atomic E-state index is 11.4. The first kappa shape index (κ1) is 53.3. The van der Waals surface area contributed by atoms with Crippen LogP contribution < -0.4 is 4.90 Å². The minimum absolute atomic E-state index is 0.00832. The lowest BCUT2D eigenvalue weighted by molar-refractivity contribution is -0.401. The van der Waals surface area contributed by atoms with Crippen LogP contribution in [0.5, 0.6) is 0 Å². The van der Waals surface area contributed by atoms with Gasteiger partial charge in [0.25, 0.3) is 0 Å². The molecule has 3 atom stereocenters. The first-order valence-corrected chi connectivity index (χ1v) is 27.4. The third-order valence-corrected chi connectivity index (χ3v) is 17.2. The molecule has 370 valence electrons. The van der Waals surface area contributed by atoms with Crippen molar-refractivity contribution in [2.75, 3.05) is 39.1 Å². The second kappa shape index (κ2) is 22.9. The Labute approximate surface area is 441 Å². The fraction of sp³-hybridized carbons (Fsp3) is 0.270. The Bertz CT molecular complexity index is 3140. The number of carboxylic acids is 1. The van der Waals surface area contributed by atoms with Gasteiger partial charge in [-0.3, -0.25) is 0 Å². The van der Waals surface area contributed by atoms with Gasteiger partial charge in [0, 0.05) is 86.5 Å². The molecule has 6 heterocycles. The maximum Gasteiger partial charge on any atom is 0.335 e. The molecule has 6 aromatic rings. The average Bonchev–Trinajstić information content (AvgIpc) is 4.25. The smallest absolute Gasteiger partial charge is 0.335 e. The first-order valence-electron chi connectivity index (χ1n) is 24.8. The van der Waals surface area contributed by atoms with Crippen LogP contribution in [0.3, 0.4) is 0 Å². The Morgan fingerprint density at radius 1 is 0.556 bits per heavy atom. The lowest BCUT2D eigenvalue weighted by Gasteiger charge is -2.24. The topological polar surface area (TPSA) is 49.6 Å². The van der Waals surface area contributed by atoms with Crippen molar-refractivity contribution in [2.45, 2.75) is 77.0 Å². The van der Waals surface area contributed by atoms with E-state index in [2.05, 4.69) is 213 Å². The van der Waals surface area contributed by atoms with Crippen molar-refractivity contribution in [3.05, 3.63) is 206 Å². The van der Waals surface area contributed by atoms with Crippen LogP contribution in [0.1, 0.15) is 101 Å². The summed E-state index contributed by atoms with van der Waals surface area (Å²) in [5, 5.41) is 15.6. The van der Waals surface area contributed by atoms with Crippen LogP contribution >= 0.6 is 34.0 Å². The number of fused-ring (bicyclic) bond motifs is 3. The molecular formula is C63H71N4O2S3+3. The van der Waals surface area contributed by atoms with Crippen molar-refractivity contribution in [3.63, 3.8) is 0 Å². The zero-order valence-corrected chi connectivity index (χ0v) is 46.1. The number of aryl methyl sites for hydroxylation is 1. The van der Waals surface area contributed by atoms with Crippen molar-refractivity contribution < 1.29 is 23.6 Å². The molecule has 3 aromatic heterocycles. The first-order chi connectivity index (χ1) is 34.6. The van der Waals surface area contributed by atoms with E-state index in [1.54, 1.807) is 46.1 Å². The van der Waals surface area contributed by atoms with Gasteiger partial charge in [0.15, 0.2) is 17.1 Å². The molecule has 6 nitrogen and oxygen atoms in total. The Hall–Kier alpha value is -6.52. The molecule has 72 heavy (non-hydrogen) atoms. The highest BCUT2D eigenvalue weighted by Gasteiger charge is 2.48. The minimum atomic E-state index is -0.899. The van der Waals surface area contributed by atoms with E-state index in [9.17, 15) is 9.90 Å². The summed E-state index contributed by atoms with van der Waals surface area (Å²) in [7, 11) is 6.37. The predicted molar refractivity (Wildman–Crippen MR) is 314 cm³/mol. The van der Waals surface area contributed by atoms with E-state index >= 15 is 0 Å². The van der Waals surface area contributed by atoms with E-state index in [0.29, 0.717) is 5.56 Å². The van der Waals surface area contributed by atoms with Crippen molar-refractivity contribution in [3.8, 4) is 0 Å². The quantitative estimate of drug-likeness (QED) is 0.0776. The minimum Gasteiger partial charge on any atom is -0.478 e. The zero-order valence-electron chi connectivity index (χ0n) is 43.6. The molecule has 3 aromatic carbocycles. The zero-order chi connectivity index (χ0) is 51.8. The van der Waals surface area contributed by atoms with Crippen LogP contribution in [0.15, 0.2) is 163 Å². The summed E-state index contributed by atoms with van der Waals surface area (Å²) in [6.07, 6.45) is 21.8. The number of nitrogens with zero attached hydrogens (tertiary/aromatic N) is 4. The molecule has 3 unspecified atom stereocenters. The highest BCUT2D eigenvalue weighted by molar-refractivity contribution is 7.11. The summed E-state index contributed by atoms with van der Waals surface area (Å²) >= 11 is 5.23. The largest absolute Gasteiger partial charge is 0.478 e. The summed E-state index contributed by atoms with van der Waals surface area (Å²) in [4.78, 5) is 17.5. The molecular weight excluding hydrogens is 941 g/mol. The number of allylic oxidation sites excluding steroid dienone is 6. The van der Waals surface area contributed by atoms with E-state index in [4.69, 9.17) is 0 Å². The highest BCUT2D eigenvalue weighted by Crippen LogP contribution is 2.46. The number of aromatic carboxylic acids is 1. The van der Waals surface area contributed by atoms with E-state index in [1.807, 2.05) is 37.4 Å². The lowest BCUT2D eigenvalue weighted by Crippen LogP contribution is -2.30. The standard InChI is InChI=1S/C23H29N2S.C20H19NO2S.C20H22NS/c1-6-15-23(4)20-17-18(25(7-2)8-3)11-13-21(20)24(5)22(23)14-12-19-10-9-16-26-19;1-4-11-20(2)16-13-14(19(22)23)7-9-17(16)21(3)18(20)10-8-15-6-5-12-24-15;1-5-12-20(3)17-14-15(2)8-10-18(17)21(4)19(20)11-9-16-7-6-13-22-16/h6,9-14,16-17H,1,7-8,15H2,2-5H3;4-10,12-13H,1,11H2,2-3H3;5-11,13-14H,1,12H2,2-4H3/q+1;;+1/p+1/b14-12+;10-8+;11-9+. The van der Waals surface area contributed by atoms with Crippen LogP contribution in [-0.2, 0) is 16.2 Å². The predicted octanol–water partition coefficient (Wildman–Crippen LogP) is 15.9. The normalized spacial score (nSPS) is 19.8. The molecule has 0 aliphatic carbocycles. The van der Waals surface area contributed by atoms with Crippen LogP contribution in [-0.4, -0.2) is 76.2 Å². The molecule has 1 N–H and O–H groups in total. The van der Waals surface area contributed by atoms with Crippen molar-refractivity contribution in [1.29, 1.82) is 0 Å². The van der Waals surface area contributed by atoms with Gasteiger partial charge in [-0.15, -0.1) is 53.7 Å². The molecule has 3 aliphatic rings. The van der Waals surface area contributed by atoms with Gasteiger partial charge in [-0.25, -0.2) is 4.79 Å². The third-order valence-electron chi connectivity index (χ3n) is 14.7. The summed E-state index contributed by atoms with van der Waals surface area (Å²) in [6, 6.07) is 31.6. The molecule has 9 heteroatoms. The second-order valence-electron chi connectivity index (χ2n) is 19.3. The Morgan fingerprint density at radius 2 is 0.931 bits per heavy atom. The number of hydrogen-bond acceptors (Lipinski definition) is 5. The highest BCUT2D eigenvalue weighted by atomic mass is 32.1. The number of hydrogen-bond donors (Lipinski definition) is 1. The van der Waals surface area contributed by atoms with Crippen LogP contribution in [0, 0.1) is 6.92 Å². The van der Waals surface area contributed by atoms with E-state index < -0.39 is 5.97 Å². The second-order valence-corrected chi connectivity index (χ2v) is 22.2. The summed E-state index contributed by atoms with van der Waals surface area (Å²) in [5.74, 6) is -0.899. The number of anilines is 1. The van der Waals surface area contributed by atoms with Gasteiger partial charge in [-0.05, 0) is 144 Å². The Balaban J connectivity index is 0.000000159. The number of rotatable bonds is 16. The number of carbonyl (C=O) groups is 1. The van der Waals surface area contributed by atoms with Crippen LogP contribution in [0.2, 0.25) is 0 Å². The fourth-order valence-corrected chi connectivity index (χ4v) is 12.6. The summed E-state index contributed by atoms with van der Waals surface area (Å²) < 4.78 is 6.81. The van der Waals surface area contributed by atoms with Gasteiger partial charge in [0.2, 0.25) is 17.1 Å². The van der Waals surface area contributed by atoms with Gasteiger partial charge in [-0.2, -0.15) is 13.7 Å².